The van der Waals surface area contributed by atoms with Crippen LogP contribution < -0.4 is 0 Å². The Morgan fingerprint density at radius 2 is 1.82 bits per heavy atom. The van der Waals surface area contributed by atoms with Crippen molar-refractivity contribution in [3.8, 4) is 0 Å². The highest BCUT2D eigenvalue weighted by molar-refractivity contribution is 6.21. The fourth-order valence-corrected chi connectivity index (χ4v) is 3.22. The summed E-state index contributed by atoms with van der Waals surface area (Å²) in [4.78, 5) is 39.8. The SMILES string of the molecule is CC1CCCN(C(=O)CCN2C(=O)c3ccccc3C2=O)C1. The van der Waals surface area contributed by atoms with E-state index in [1.807, 2.05) is 4.90 Å². The van der Waals surface area contributed by atoms with Gasteiger partial charge in [0.15, 0.2) is 0 Å². The zero-order valence-corrected chi connectivity index (χ0v) is 12.7. The molecule has 0 radical (unpaired) electrons. The van der Waals surface area contributed by atoms with Gasteiger partial charge in [-0.2, -0.15) is 0 Å². The Morgan fingerprint density at radius 3 is 2.41 bits per heavy atom. The molecule has 22 heavy (non-hydrogen) atoms. The Kier molecular flexibility index (Phi) is 3.96. The normalized spacial score (nSPS) is 21.2. The summed E-state index contributed by atoms with van der Waals surface area (Å²) in [6, 6.07) is 6.80. The molecule has 0 saturated carbocycles. The van der Waals surface area contributed by atoms with E-state index in [1.165, 1.54) is 4.90 Å². The topological polar surface area (TPSA) is 57.7 Å². The van der Waals surface area contributed by atoms with Gasteiger partial charge in [-0.1, -0.05) is 19.1 Å². The number of amides is 3. The van der Waals surface area contributed by atoms with Gasteiger partial charge in [0.1, 0.15) is 0 Å². The molecule has 2 heterocycles. The van der Waals surface area contributed by atoms with Gasteiger partial charge in [-0.05, 0) is 30.9 Å². The minimum Gasteiger partial charge on any atom is -0.342 e. The average Bonchev–Trinajstić information content (AvgIpc) is 2.77. The van der Waals surface area contributed by atoms with E-state index >= 15 is 0 Å². The first-order chi connectivity index (χ1) is 10.6. The summed E-state index contributed by atoms with van der Waals surface area (Å²) in [7, 11) is 0. The quantitative estimate of drug-likeness (QED) is 0.802. The third-order valence-corrected chi connectivity index (χ3v) is 4.44. The minimum absolute atomic E-state index is 0.0307. The number of piperidine rings is 1. The number of carbonyl (C=O) groups is 3. The maximum absolute atomic E-state index is 12.3. The van der Waals surface area contributed by atoms with E-state index in [9.17, 15) is 14.4 Å². The molecule has 0 spiro atoms. The Morgan fingerprint density at radius 1 is 1.18 bits per heavy atom. The zero-order chi connectivity index (χ0) is 15.7. The van der Waals surface area contributed by atoms with Crippen molar-refractivity contribution in [3.63, 3.8) is 0 Å². The number of hydrogen-bond acceptors (Lipinski definition) is 3. The summed E-state index contributed by atoms with van der Waals surface area (Å²) in [5, 5.41) is 0. The van der Waals surface area contributed by atoms with E-state index in [1.54, 1.807) is 24.3 Å². The summed E-state index contributed by atoms with van der Waals surface area (Å²) in [6.45, 7) is 3.87. The van der Waals surface area contributed by atoms with Gasteiger partial charge < -0.3 is 4.90 Å². The molecule has 5 nitrogen and oxygen atoms in total. The molecule has 0 bridgehead atoms. The molecule has 1 aromatic rings. The molecule has 1 aromatic carbocycles. The molecule has 0 N–H and O–H groups in total. The number of hydrogen-bond donors (Lipinski definition) is 0. The lowest BCUT2D eigenvalue weighted by molar-refractivity contribution is -0.132. The molecule has 3 rings (SSSR count). The molecular formula is C17H20N2O3. The third-order valence-electron chi connectivity index (χ3n) is 4.44. The van der Waals surface area contributed by atoms with E-state index in [2.05, 4.69) is 6.92 Å². The van der Waals surface area contributed by atoms with Crippen molar-refractivity contribution in [2.75, 3.05) is 19.6 Å². The second-order valence-electron chi connectivity index (χ2n) is 6.14. The highest BCUT2D eigenvalue weighted by Crippen LogP contribution is 2.23. The summed E-state index contributed by atoms with van der Waals surface area (Å²) in [5.74, 6) is -0.0269. The van der Waals surface area contributed by atoms with Crippen LogP contribution in [0.3, 0.4) is 0 Å². The van der Waals surface area contributed by atoms with Gasteiger partial charge in [0.25, 0.3) is 11.8 Å². The number of nitrogens with zero attached hydrogens (tertiary/aromatic N) is 2. The first-order valence-corrected chi connectivity index (χ1v) is 7.81. The number of imide groups is 1. The molecule has 1 unspecified atom stereocenters. The van der Waals surface area contributed by atoms with Crippen molar-refractivity contribution >= 4 is 17.7 Å². The van der Waals surface area contributed by atoms with Crippen molar-refractivity contribution in [2.24, 2.45) is 5.92 Å². The van der Waals surface area contributed by atoms with Crippen molar-refractivity contribution in [3.05, 3.63) is 35.4 Å². The second kappa shape index (κ2) is 5.91. The number of likely N-dealkylation sites (tertiary alicyclic amines) is 1. The van der Waals surface area contributed by atoms with Crippen LogP contribution in [0.4, 0.5) is 0 Å². The van der Waals surface area contributed by atoms with Crippen molar-refractivity contribution in [1.82, 2.24) is 9.80 Å². The molecule has 2 aliphatic heterocycles. The number of benzene rings is 1. The van der Waals surface area contributed by atoms with Gasteiger partial charge in [-0.3, -0.25) is 19.3 Å². The van der Waals surface area contributed by atoms with Crippen molar-refractivity contribution in [1.29, 1.82) is 0 Å². The summed E-state index contributed by atoms with van der Waals surface area (Å²) >= 11 is 0. The van der Waals surface area contributed by atoms with Crippen LogP contribution in [-0.2, 0) is 4.79 Å². The van der Waals surface area contributed by atoms with E-state index < -0.39 is 0 Å². The number of carbonyl (C=O) groups excluding carboxylic acids is 3. The summed E-state index contributed by atoms with van der Waals surface area (Å²) < 4.78 is 0. The average molecular weight is 300 g/mol. The van der Waals surface area contributed by atoms with Crippen molar-refractivity contribution in [2.45, 2.75) is 26.2 Å². The van der Waals surface area contributed by atoms with Gasteiger partial charge in [0.2, 0.25) is 5.91 Å². The summed E-state index contributed by atoms with van der Waals surface area (Å²) in [5.41, 5.74) is 0.873. The first-order valence-electron chi connectivity index (χ1n) is 7.81. The van der Waals surface area contributed by atoms with Gasteiger partial charge in [0.05, 0.1) is 11.1 Å². The molecule has 0 aliphatic carbocycles. The molecule has 0 aromatic heterocycles. The molecule has 2 aliphatic rings. The zero-order valence-electron chi connectivity index (χ0n) is 12.7. The van der Waals surface area contributed by atoms with Gasteiger partial charge in [-0.15, -0.1) is 0 Å². The minimum atomic E-state index is -0.291. The lowest BCUT2D eigenvalue weighted by Crippen LogP contribution is -2.41. The fraction of sp³-hybridized carbons (Fsp3) is 0.471. The number of fused-ring (bicyclic) bond motifs is 1. The predicted octanol–water partition coefficient (Wildman–Crippen LogP) is 1.93. The van der Waals surface area contributed by atoms with Crippen LogP contribution in [0.1, 0.15) is 46.9 Å². The van der Waals surface area contributed by atoms with Crippen LogP contribution >= 0.6 is 0 Å². The first kappa shape index (κ1) is 14.8. The molecule has 3 amide bonds. The van der Waals surface area contributed by atoms with Crippen LogP contribution in [0.2, 0.25) is 0 Å². The second-order valence-corrected chi connectivity index (χ2v) is 6.14. The molecule has 1 saturated heterocycles. The van der Waals surface area contributed by atoms with E-state index in [4.69, 9.17) is 0 Å². The van der Waals surface area contributed by atoms with Gasteiger partial charge >= 0.3 is 0 Å². The molecule has 1 atom stereocenters. The largest absolute Gasteiger partial charge is 0.342 e. The Labute approximate surface area is 129 Å². The highest BCUT2D eigenvalue weighted by atomic mass is 16.2. The maximum atomic E-state index is 12.3. The van der Waals surface area contributed by atoms with Gasteiger partial charge in [-0.25, -0.2) is 0 Å². The van der Waals surface area contributed by atoms with Crippen LogP contribution in [0.5, 0.6) is 0 Å². The van der Waals surface area contributed by atoms with E-state index in [-0.39, 0.29) is 30.7 Å². The van der Waals surface area contributed by atoms with Crippen LogP contribution in [-0.4, -0.2) is 47.2 Å². The van der Waals surface area contributed by atoms with Gasteiger partial charge in [0, 0.05) is 26.1 Å². The predicted molar refractivity (Wildman–Crippen MR) is 81.4 cm³/mol. The smallest absolute Gasteiger partial charge is 0.261 e. The highest BCUT2D eigenvalue weighted by Gasteiger charge is 2.35. The molecule has 1 fully saturated rings. The monoisotopic (exact) mass is 300 g/mol. The van der Waals surface area contributed by atoms with Crippen molar-refractivity contribution < 1.29 is 14.4 Å². The fourth-order valence-electron chi connectivity index (χ4n) is 3.22. The lowest BCUT2D eigenvalue weighted by atomic mass is 10.00. The van der Waals surface area contributed by atoms with Crippen LogP contribution in [0.15, 0.2) is 24.3 Å². The third kappa shape index (κ3) is 2.63. The Balaban J connectivity index is 1.62. The molecule has 5 heteroatoms. The Hall–Kier alpha value is -2.17. The summed E-state index contributed by atoms with van der Waals surface area (Å²) in [6.07, 6.45) is 2.39. The lowest BCUT2D eigenvalue weighted by Gasteiger charge is -2.31. The maximum Gasteiger partial charge on any atom is 0.261 e. The van der Waals surface area contributed by atoms with E-state index in [0.29, 0.717) is 17.0 Å². The molecular weight excluding hydrogens is 280 g/mol. The Bertz CT molecular complexity index is 591. The van der Waals surface area contributed by atoms with Crippen LogP contribution in [0, 0.1) is 5.92 Å². The standard InChI is InChI=1S/C17H20N2O3/c1-12-5-4-9-18(11-12)15(20)8-10-19-16(21)13-6-2-3-7-14(13)17(19)22/h2-3,6-7,12H,4-5,8-11H2,1H3. The van der Waals surface area contributed by atoms with E-state index in [0.717, 1.165) is 25.9 Å². The van der Waals surface area contributed by atoms with Crippen LogP contribution in [0.25, 0.3) is 0 Å². The number of rotatable bonds is 3. The molecule has 116 valence electrons.